The molecule has 1 fully saturated rings. The molecule has 19 heavy (non-hydrogen) atoms. The molecule has 1 aromatic rings. The van der Waals surface area contributed by atoms with Crippen LogP contribution in [0.3, 0.4) is 0 Å². The number of carbonyl (C=O) groups is 2. The maximum atomic E-state index is 11.9. The third-order valence-corrected chi connectivity index (χ3v) is 3.62. The van der Waals surface area contributed by atoms with Gasteiger partial charge in [0.1, 0.15) is 0 Å². The number of amides is 2. The highest BCUT2D eigenvalue weighted by Crippen LogP contribution is 2.17. The molecule has 2 rings (SSSR count). The van der Waals surface area contributed by atoms with Gasteiger partial charge < -0.3 is 10.6 Å². The molecule has 0 unspecified atom stereocenters. The number of rotatable bonds is 3. The second-order valence-electron chi connectivity index (χ2n) is 4.57. The van der Waals surface area contributed by atoms with E-state index in [1.165, 1.54) is 0 Å². The van der Waals surface area contributed by atoms with Gasteiger partial charge in [-0.1, -0.05) is 0 Å². The highest BCUT2D eigenvalue weighted by Gasteiger charge is 2.18. The zero-order valence-electron chi connectivity index (χ0n) is 10.7. The molecule has 1 heterocycles. The summed E-state index contributed by atoms with van der Waals surface area (Å²) in [5, 5.41) is 5.62. The molecule has 0 saturated carbocycles. The number of carbonyl (C=O) groups excluding carboxylic acids is 2. The van der Waals surface area contributed by atoms with Gasteiger partial charge >= 0.3 is 0 Å². The van der Waals surface area contributed by atoms with Crippen molar-refractivity contribution in [1.82, 2.24) is 10.2 Å². The molecule has 1 saturated heterocycles. The van der Waals surface area contributed by atoms with Crippen LogP contribution < -0.4 is 10.6 Å². The second-order valence-corrected chi connectivity index (χ2v) is 5.81. The summed E-state index contributed by atoms with van der Waals surface area (Å²) in [5.41, 5.74) is 1.86. The van der Waals surface area contributed by atoms with E-state index in [0.29, 0.717) is 19.6 Å². The molecule has 0 aliphatic carbocycles. The summed E-state index contributed by atoms with van der Waals surface area (Å²) in [4.78, 5) is 25.0. The lowest BCUT2D eigenvalue weighted by Gasteiger charge is -2.25. The Balaban J connectivity index is 1.92. The summed E-state index contributed by atoms with van der Waals surface area (Å²) in [7, 11) is 0. The number of anilines is 1. The quantitative estimate of drug-likeness (QED) is 0.777. The third kappa shape index (κ3) is 4.17. The topological polar surface area (TPSA) is 61.4 Å². The fourth-order valence-electron chi connectivity index (χ4n) is 1.99. The maximum absolute atomic E-state index is 11.9. The lowest BCUT2D eigenvalue weighted by molar-refractivity contribution is -0.125. The SMILES string of the molecule is Cc1cc(I)ccc1NC(=O)CN1CCNC(=O)C1. The second kappa shape index (κ2) is 6.33. The number of hydrogen-bond acceptors (Lipinski definition) is 3. The molecule has 6 heteroatoms. The summed E-state index contributed by atoms with van der Waals surface area (Å²) in [6, 6.07) is 5.87. The van der Waals surface area contributed by atoms with Crippen molar-refractivity contribution in [2.75, 3.05) is 31.5 Å². The highest BCUT2D eigenvalue weighted by molar-refractivity contribution is 14.1. The van der Waals surface area contributed by atoms with Crippen molar-refractivity contribution in [1.29, 1.82) is 0 Å². The zero-order chi connectivity index (χ0) is 13.8. The molecule has 5 nitrogen and oxygen atoms in total. The first kappa shape index (κ1) is 14.3. The van der Waals surface area contributed by atoms with E-state index in [0.717, 1.165) is 14.8 Å². The van der Waals surface area contributed by atoms with Crippen LogP contribution in [0.2, 0.25) is 0 Å². The van der Waals surface area contributed by atoms with Gasteiger partial charge in [-0.3, -0.25) is 14.5 Å². The third-order valence-electron chi connectivity index (χ3n) is 2.95. The minimum Gasteiger partial charge on any atom is -0.354 e. The average Bonchev–Trinajstić information content (AvgIpc) is 2.33. The van der Waals surface area contributed by atoms with E-state index in [1.807, 2.05) is 30.0 Å². The Labute approximate surface area is 125 Å². The molecule has 1 aromatic carbocycles. The van der Waals surface area contributed by atoms with Gasteiger partial charge in [0.15, 0.2) is 0 Å². The maximum Gasteiger partial charge on any atom is 0.238 e. The van der Waals surface area contributed by atoms with Gasteiger partial charge in [0.2, 0.25) is 11.8 Å². The van der Waals surface area contributed by atoms with Crippen molar-refractivity contribution >= 4 is 40.1 Å². The van der Waals surface area contributed by atoms with Crippen LogP contribution in [0.4, 0.5) is 5.69 Å². The Morgan fingerprint density at radius 2 is 2.32 bits per heavy atom. The summed E-state index contributed by atoms with van der Waals surface area (Å²) in [5.74, 6) is -0.108. The van der Waals surface area contributed by atoms with Crippen LogP contribution in [-0.4, -0.2) is 42.9 Å². The van der Waals surface area contributed by atoms with Crippen molar-refractivity contribution in [3.05, 3.63) is 27.3 Å². The van der Waals surface area contributed by atoms with Crippen LogP contribution in [0.5, 0.6) is 0 Å². The van der Waals surface area contributed by atoms with Gasteiger partial charge in [-0.05, 0) is 53.3 Å². The molecule has 2 N–H and O–H groups in total. The first-order valence-electron chi connectivity index (χ1n) is 6.09. The van der Waals surface area contributed by atoms with Crippen molar-refractivity contribution < 1.29 is 9.59 Å². The number of nitrogens with one attached hydrogen (secondary N) is 2. The lowest BCUT2D eigenvalue weighted by Crippen LogP contribution is -2.49. The minimum atomic E-state index is -0.0843. The molecule has 0 spiro atoms. The molecule has 0 atom stereocenters. The van der Waals surface area contributed by atoms with Gasteiger partial charge in [-0.25, -0.2) is 0 Å². The molecule has 0 radical (unpaired) electrons. The predicted octanol–water partition coefficient (Wildman–Crippen LogP) is 0.970. The Hall–Kier alpha value is -1.15. The summed E-state index contributed by atoms with van der Waals surface area (Å²) < 4.78 is 1.14. The van der Waals surface area contributed by atoms with Crippen molar-refractivity contribution in [3.63, 3.8) is 0 Å². The van der Waals surface area contributed by atoms with E-state index in [-0.39, 0.29) is 18.4 Å². The standard InChI is InChI=1S/C13H16IN3O2/c1-9-6-10(14)2-3-11(9)16-13(19)8-17-5-4-15-12(18)7-17/h2-3,6H,4-5,7-8H2,1H3,(H,15,18)(H,16,19). The monoisotopic (exact) mass is 373 g/mol. The van der Waals surface area contributed by atoms with Gasteiger partial charge in [-0.15, -0.1) is 0 Å². The van der Waals surface area contributed by atoms with Crippen LogP contribution in [-0.2, 0) is 9.59 Å². The van der Waals surface area contributed by atoms with Crippen molar-refractivity contribution in [2.45, 2.75) is 6.92 Å². The highest BCUT2D eigenvalue weighted by atomic mass is 127. The van der Waals surface area contributed by atoms with E-state index in [1.54, 1.807) is 0 Å². The molecule has 1 aliphatic rings. The summed E-state index contributed by atoms with van der Waals surface area (Å²) >= 11 is 2.24. The lowest BCUT2D eigenvalue weighted by atomic mass is 10.2. The fraction of sp³-hybridized carbons (Fsp3) is 0.385. The van der Waals surface area contributed by atoms with Gasteiger partial charge in [0.25, 0.3) is 0 Å². The van der Waals surface area contributed by atoms with Crippen LogP contribution >= 0.6 is 22.6 Å². The first-order valence-corrected chi connectivity index (χ1v) is 7.17. The van der Waals surface area contributed by atoms with Gasteiger partial charge in [-0.2, -0.15) is 0 Å². The fourth-order valence-corrected chi connectivity index (χ4v) is 2.63. The average molecular weight is 373 g/mol. The van der Waals surface area contributed by atoms with E-state index < -0.39 is 0 Å². The molecular formula is C13H16IN3O2. The van der Waals surface area contributed by atoms with E-state index in [9.17, 15) is 9.59 Å². The van der Waals surface area contributed by atoms with E-state index in [2.05, 4.69) is 33.2 Å². The minimum absolute atomic E-state index is 0.0236. The number of halogens is 1. The Bertz CT molecular complexity index is 505. The Morgan fingerprint density at radius 3 is 3.00 bits per heavy atom. The summed E-state index contributed by atoms with van der Waals surface area (Å²) in [6.45, 7) is 3.82. The van der Waals surface area contributed by atoms with Crippen molar-refractivity contribution in [3.8, 4) is 0 Å². The predicted molar refractivity (Wildman–Crippen MR) is 82.0 cm³/mol. The molecule has 0 bridgehead atoms. The molecule has 1 aliphatic heterocycles. The molecule has 0 aromatic heterocycles. The Morgan fingerprint density at radius 1 is 1.53 bits per heavy atom. The number of hydrogen-bond donors (Lipinski definition) is 2. The first-order chi connectivity index (χ1) is 9.04. The van der Waals surface area contributed by atoms with Crippen LogP contribution in [0.1, 0.15) is 5.56 Å². The number of piperazine rings is 1. The van der Waals surface area contributed by atoms with Crippen molar-refractivity contribution in [2.24, 2.45) is 0 Å². The van der Waals surface area contributed by atoms with E-state index >= 15 is 0 Å². The largest absolute Gasteiger partial charge is 0.354 e. The zero-order valence-corrected chi connectivity index (χ0v) is 12.9. The number of aryl methyl sites for hydroxylation is 1. The normalized spacial score (nSPS) is 16.0. The number of nitrogens with zero attached hydrogens (tertiary/aromatic N) is 1. The van der Waals surface area contributed by atoms with Gasteiger partial charge in [0.05, 0.1) is 13.1 Å². The van der Waals surface area contributed by atoms with E-state index in [4.69, 9.17) is 0 Å². The molecule has 102 valence electrons. The van der Waals surface area contributed by atoms with Gasteiger partial charge in [0, 0.05) is 22.3 Å². The smallest absolute Gasteiger partial charge is 0.238 e. The number of benzene rings is 1. The molecular weight excluding hydrogens is 357 g/mol. The Kier molecular flexibility index (Phi) is 4.76. The van der Waals surface area contributed by atoms with Crippen LogP contribution in [0, 0.1) is 10.5 Å². The molecule has 2 amide bonds. The van der Waals surface area contributed by atoms with Crippen LogP contribution in [0.15, 0.2) is 18.2 Å². The summed E-state index contributed by atoms with van der Waals surface area (Å²) in [6.07, 6.45) is 0. The van der Waals surface area contributed by atoms with Crippen LogP contribution in [0.25, 0.3) is 0 Å².